The molecule has 0 radical (unpaired) electrons. The number of hydrogen-bond donors (Lipinski definition) is 0. The molecule has 1 aromatic rings. The number of rotatable bonds is 6. The molecule has 2 rings (SSSR count). The van der Waals surface area contributed by atoms with Crippen molar-refractivity contribution in [1.82, 2.24) is 13.5 Å². The van der Waals surface area contributed by atoms with Crippen LogP contribution in [-0.4, -0.2) is 68.7 Å². The van der Waals surface area contributed by atoms with Crippen molar-refractivity contribution in [2.24, 2.45) is 0 Å². The standard InChI is InChI=1S/C16H25N3O2S/c1-17(2)22(20,21)19-14-12-18(13-15-19)11-7-6-10-16-8-4-3-5-9-16/h3-6,8-10H,7,11-15H2,1-2H3/b10-6+. The van der Waals surface area contributed by atoms with E-state index in [1.807, 2.05) is 18.2 Å². The molecule has 22 heavy (non-hydrogen) atoms. The molecule has 1 fully saturated rings. The summed E-state index contributed by atoms with van der Waals surface area (Å²) in [7, 11) is -0.0997. The largest absolute Gasteiger partial charge is 0.300 e. The highest BCUT2D eigenvalue weighted by Crippen LogP contribution is 2.10. The van der Waals surface area contributed by atoms with Gasteiger partial charge in [-0.15, -0.1) is 0 Å². The minimum absolute atomic E-state index is 0.572. The summed E-state index contributed by atoms with van der Waals surface area (Å²) >= 11 is 0. The van der Waals surface area contributed by atoms with Gasteiger partial charge in [-0.25, -0.2) is 0 Å². The molecule has 1 aromatic carbocycles. The molecular formula is C16H25N3O2S. The Bertz CT molecular complexity index is 577. The predicted molar refractivity (Wildman–Crippen MR) is 90.7 cm³/mol. The molecule has 0 unspecified atom stereocenters. The third-order valence-corrected chi connectivity index (χ3v) is 5.78. The Kier molecular flexibility index (Phi) is 6.14. The lowest BCUT2D eigenvalue weighted by atomic mass is 10.2. The van der Waals surface area contributed by atoms with Crippen LogP contribution in [0.5, 0.6) is 0 Å². The zero-order valence-electron chi connectivity index (χ0n) is 13.4. The van der Waals surface area contributed by atoms with E-state index in [9.17, 15) is 8.42 Å². The van der Waals surface area contributed by atoms with Gasteiger partial charge in [0.1, 0.15) is 0 Å². The molecule has 0 amide bonds. The Labute approximate surface area is 134 Å². The summed E-state index contributed by atoms with van der Waals surface area (Å²) in [4.78, 5) is 2.32. The highest BCUT2D eigenvalue weighted by Gasteiger charge is 2.27. The normalized spacial score (nSPS) is 18.3. The summed E-state index contributed by atoms with van der Waals surface area (Å²) in [6.45, 7) is 3.71. The van der Waals surface area contributed by atoms with E-state index in [2.05, 4.69) is 29.2 Å². The number of benzene rings is 1. The minimum atomic E-state index is -3.26. The molecule has 0 atom stereocenters. The van der Waals surface area contributed by atoms with E-state index in [1.165, 1.54) is 9.87 Å². The van der Waals surface area contributed by atoms with E-state index in [0.29, 0.717) is 13.1 Å². The summed E-state index contributed by atoms with van der Waals surface area (Å²) in [6.07, 6.45) is 5.29. The van der Waals surface area contributed by atoms with E-state index in [-0.39, 0.29) is 0 Å². The lowest BCUT2D eigenvalue weighted by Gasteiger charge is -2.34. The Morgan fingerprint density at radius 1 is 1.09 bits per heavy atom. The van der Waals surface area contributed by atoms with Crippen molar-refractivity contribution in [2.75, 3.05) is 46.8 Å². The van der Waals surface area contributed by atoms with Gasteiger partial charge in [-0.2, -0.15) is 17.0 Å². The maximum atomic E-state index is 12.0. The van der Waals surface area contributed by atoms with Gasteiger partial charge in [-0.05, 0) is 12.0 Å². The number of piperazine rings is 1. The topological polar surface area (TPSA) is 43.9 Å². The predicted octanol–water partition coefficient (Wildman–Crippen LogP) is 1.51. The smallest absolute Gasteiger partial charge is 0.281 e. The fourth-order valence-electron chi connectivity index (χ4n) is 2.46. The van der Waals surface area contributed by atoms with Crippen molar-refractivity contribution in [3.8, 4) is 0 Å². The molecule has 1 saturated heterocycles. The first-order valence-corrected chi connectivity index (χ1v) is 9.01. The molecule has 0 spiro atoms. The van der Waals surface area contributed by atoms with Crippen LogP contribution < -0.4 is 0 Å². The fourth-order valence-corrected chi connectivity index (χ4v) is 3.54. The molecule has 0 aromatic heterocycles. The van der Waals surface area contributed by atoms with Gasteiger partial charge in [-0.1, -0.05) is 42.5 Å². The van der Waals surface area contributed by atoms with Crippen LogP contribution in [0.2, 0.25) is 0 Å². The third-order valence-electron chi connectivity index (χ3n) is 3.84. The maximum absolute atomic E-state index is 12.0. The van der Waals surface area contributed by atoms with Gasteiger partial charge in [0.2, 0.25) is 0 Å². The first kappa shape index (κ1) is 17.1. The zero-order valence-corrected chi connectivity index (χ0v) is 14.2. The van der Waals surface area contributed by atoms with Crippen molar-refractivity contribution in [3.05, 3.63) is 42.0 Å². The molecular weight excluding hydrogens is 298 g/mol. The van der Waals surface area contributed by atoms with E-state index >= 15 is 0 Å². The van der Waals surface area contributed by atoms with Crippen molar-refractivity contribution >= 4 is 16.3 Å². The van der Waals surface area contributed by atoms with E-state index in [0.717, 1.165) is 26.1 Å². The van der Waals surface area contributed by atoms with Crippen molar-refractivity contribution in [1.29, 1.82) is 0 Å². The highest BCUT2D eigenvalue weighted by atomic mass is 32.2. The first-order chi connectivity index (χ1) is 10.5. The number of nitrogens with zero attached hydrogens (tertiary/aromatic N) is 3. The zero-order chi connectivity index (χ0) is 16.0. The SMILES string of the molecule is CN(C)S(=O)(=O)N1CCN(CC/C=C/c2ccccc2)CC1. The van der Waals surface area contributed by atoms with Crippen LogP contribution in [0.4, 0.5) is 0 Å². The minimum Gasteiger partial charge on any atom is -0.300 e. The van der Waals surface area contributed by atoms with Crippen LogP contribution >= 0.6 is 0 Å². The van der Waals surface area contributed by atoms with Crippen LogP contribution in [0.1, 0.15) is 12.0 Å². The van der Waals surface area contributed by atoms with Crippen LogP contribution in [-0.2, 0) is 10.2 Å². The Hall–Kier alpha value is -1.21. The summed E-state index contributed by atoms with van der Waals surface area (Å²) < 4.78 is 26.9. The summed E-state index contributed by atoms with van der Waals surface area (Å²) in [5.74, 6) is 0. The lowest BCUT2D eigenvalue weighted by Crippen LogP contribution is -2.51. The lowest BCUT2D eigenvalue weighted by molar-refractivity contribution is 0.186. The van der Waals surface area contributed by atoms with E-state index in [4.69, 9.17) is 0 Å². The molecule has 1 heterocycles. The Morgan fingerprint density at radius 3 is 2.32 bits per heavy atom. The average molecular weight is 323 g/mol. The molecule has 0 saturated carbocycles. The number of hydrogen-bond acceptors (Lipinski definition) is 3. The van der Waals surface area contributed by atoms with Gasteiger partial charge in [-0.3, -0.25) is 0 Å². The van der Waals surface area contributed by atoms with Crippen LogP contribution in [0.15, 0.2) is 36.4 Å². The molecule has 0 aliphatic carbocycles. The van der Waals surface area contributed by atoms with Gasteiger partial charge in [0, 0.05) is 46.8 Å². The molecule has 1 aliphatic heterocycles. The van der Waals surface area contributed by atoms with Gasteiger partial charge in [0.15, 0.2) is 0 Å². The molecule has 0 N–H and O–H groups in total. The van der Waals surface area contributed by atoms with Crippen molar-refractivity contribution in [2.45, 2.75) is 6.42 Å². The quantitative estimate of drug-likeness (QED) is 0.797. The summed E-state index contributed by atoms with van der Waals surface area (Å²) in [5, 5.41) is 0. The van der Waals surface area contributed by atoms with E-state index < -0.39 is 10.2 Å². The molecule has 6 heteroatoms. The molecule has 5 nitrogen and oxygen atoms in total. The third kappa shape index (κ3) is 4.64. The fraction of sp³-hybridized carbons (Fsp3) is 0.500. The summed E-state index contributed by atoms with van der Waals surface area (Å²) in [6, 6.07) is 10.2. The van der Waals surface area contributed by atoms with Gasteiger partial charge < -0.3 is 4.90 Å². The monoisotopic (exact) mass is 323 g/mol. The highest BCUT2D eigenvalue weighted by molar-refractivity contribution is 7.86. The Morgan fingerprint density at radius 2 is 1.73 bits per heavy atom. The second-order valence-corrected chi connectivity index (χ2v) is 7.77. The summed E-state index contributed by atoms with van der Waals surface area (Å²) in [5.41, 5.74) is 1.21. The average Bonchev–Trinajstić information content (AvgIpc) is 2.53. The first-order valence-electron chi connectivity index (χ1n) is 7.61. The van der Waals surface area contributed by atoms with Crippen LogP contribution in [0.3, 0.4) is 0 Å². The van der Waals surface area contributed by atoms with E-state index in [1.54, 1.807) is 18.4 Å². The van der Waals surface area contributed by atoms with Gasteiger partial charge in [0.25, 0.3) is 10.2 Å². The van der Waals surface area contributed by atoms with Crippen molar-refractivity contribution in [3.63, 3.8) is 0 Å². The van der Waals surface area contributed by atoms with Crippen LogP contribution in [0.25, 0.3) is 6.08 Å². The molecule has 122 valence electrons. The maximum Gasteiger partial charge on any atom is 0.281 e. The molecule has 0 bridgehead atoms. The Balaban J connectivity index is 1.73. The van der Waals surface area contributed by atoms with Gasteiger partial charge in [0.05, 0.1) is 0 Å². The van der Waals surface area contributed by atoms with Gasteiger partial charge >= 0.3 is 0 Å². The second kappa shape index (κ2) is 7.87. The molecule has 1 aliphatic rings. The van der Waals surface area contributed by atoms with Crippen molar-refractivity contribution < 1.29 is 8.42 Å². The second-order valence-electron chi connectivity index (χ2n) is 5.63. The van der Waals surface area contributed by atoms with Crippen LogP contribution in [0, 0.1) is 0 Å².